The minimum absolute atomic E-state index is 0.195. The Labute approximate surface area is 154 Å². The molecule has 148 valence electrons. The average Bonchev–Trinajstić information content (AvgIpc) is 3.02. The Morgan fingerprint density at radius 3 is 2.67 bits per heavy atom. The molecule has 2 aromatic rings. The van der Waals surface area contributed by atoms with E-state index in [1.165, 1.54) is 16.9 Å². The summed E-state index contributed by atoms with van der Waals surface area (Å²) >= 11 is 5.61. The van der Waals surface area contributed by atoms with Crippen molar-refractivity contribution in [3.8, 4) is 5.88 Å². The van der Waals surface area contributed by atoms with Crippen LogP contribution < -0.4 is 14.8 Å². The van der Waals surface area contributed by atoms with E-state index in [1.807, 2.05) is 0 Å². The van der Waals surface area contributed by atoms with E-state index >= 15 is 0 Å². The number of amidine groups is 1. The van der Waals surface area contributed by atoms with Gasteiger partial charge >= 0.3 is 15.5 Å². The van der Waals surface area contributed by atoms with Gasteiger partial charge in [-0.2, -0.15) is 13.2 Å². The molecule has 0 spiro atoms. The fraction of sp³-hybridized carbons (Fsp3) is 0.250. The predicted molar refractivity (Wildman–Crippen MR) is 84.6 cm³/mol. The van der Waals surface area contributed by atoms with Crippen LogP contribution in [0.5, 0.6) is 5.88 Å². The van der Waals surface area contributed by atoms with E-state index in [0.29, 0.717) is 0 Å². The summed E-state index contributed by atoms with van der Waals surface area (Å²) in [4.78, 5) is 0. The molecular formula is C12H10ClF4N5O4S. The molecule has 27 heavy (non-hydrogen) atoms. The van der Waals surface area contributed by atoms with Crippen LogP contribution in [-0.4, -0.2) is 43.2 Å². The second-order valence-electron chi connectivity index (χ2n) is 4.74. The van der Waals surface area contributed by atoms with Crippen LogP contribution in [0.3, 0.4) is 0 Å². The van der Waals surface area contributed by atoms with E-state index in [2.05, 4.69) is 20.3 Å². The molecule has 0 bridgehead atoms. The number of alkyl halides is 3. The minimum atomic E-state index is -5.50. The molecule has 0 aliphatic carbocycles. The number of ether oxygens (including phenoxy) is 1. The second-order valence-corrected chi connectivity index (χ2v) is 6.90. The average molecular weight is 432 g/mol. The standard InChI is InChI=1S/C12H10ClF4N5O4S/c13-7-5-6(1-2-8(7)14)20-10(18)9-11(22-26-21-9)25-4-3-19-27(23,24)12(15,16)17/h1-2,5,19H,3-4H2,(H2,18,20). The van der Waals surface area contributed by atoms with Crippen LogP contribution in [0.4, 0.5) is 23.2 Å². The van der Waals surface area contributed by atoms with Crippen molar-refractivity contribution in [1.82, 2.24) is 15.0 Å². The number of anilines is 1. The highest BCUT2D eigenvalue weighted by Gasteiger charge is 2.45. The number of nitrogens with one attached hydrogen (secondary N) is 3. The number of rotatable bonds is 7. The summed E-state index contributed by atoms with van der Waals surface area (Å²) in [5.41, 5.74) is -5.47. The molecule has 0 saturated heterocycles. The third-order valence-electron chi connectivity index (χ3n) is 2.82. The lowest BCUT2D eigenvalue weighted by Gasteiger charge is -2.10. The summed E-state index contributed by atoms with van der Waals surface area (Å²) in [6.07, 6.45) is 0. The Kier molecular flexibility index (Phi) is 6.22. The molecule has 0 aliphatic rings. The van der Waals surface area contributed by atoms with Gasteiger partial charge in [-0.15, -0.1) is 0 Å². The van der Waals surface area contributed by atoms with Crippen molar-refractivity contribution in [3.63, 3.8) is 0 Å². The first-order chi connectivity index (χ1) is 12.5. The smallest absolute Gasteiger partial charge is 0.472 e. The molecule has 15 heteroatoms. The largest absolute Gasteiger partial charge is 0.511 e. The van der Waals surface area contributed by atoms with Crippen molar-refractivity contribution < 1.29 is 35.3 Å². The van der Waals surface area contributed by atoms with Gasteiger partial charge in [0.05, 0.1) is 5.02 Å². The summed E-state index contributed by atoms with van der Waals surface area (Å²) < 4.78 is 81.9. The maximum Gasteiger partial charge on any atom is 0.511 e. The molecule has 0 atom stereocenters. The van der Waals surface area contributed by atoms with Crippen molar-refractivity contribution in [2.75, 3.05) is 18.5 Å². The first kappa shape index (κ1) is 20.9. The zero-order valence-electron chi connectivity index (χ0n) is 13.0. The molecule has 0 amide bonds. The molecule has 9 nitrogen and oxygen atoms in total. The molecule has 1 heterocycles. The third-order valence-corrected chi connectivity index (χ3v) is 4.31. The molecular weight excluding hydrogens is 422 g/mol. The third kappa shape index (κ3) is 5.27. The quantitative estimate of drug-likeness (QED) is 0.265. The molecule has 0 radical (unpaired) electrons. The Bertz CT molecular complexity index is 934. The number of hydrogen-bond acceptors (Lipinski definition) is 7. The van der Waals surface area contributed by atoms with Gasteiger partial charge in [-0.3, -0.25) is 5.41 Å². The normalized spacial score (nSPS) is 12.0. The van der Waals surface area contributed by atoms with Crippen LogP contribution in [0, 0.1) is 11.2 Å². The Morgan fingerprint density at radius 2 is 2.04 bits per heavy atom. The topological polar surface area (TPSA) is 130 Å². The molecule has 3 N–H and O–H groups in total. The number of sulfonamides is 1. The van der Waals surface area contributed by atoms with Crippen LogP contribution in [0.15, 0.2) is 22.8 Å². The summed E-state index contributed by atoms with van der Waals surface area (Å²) in [6, 6.07) is 3.55. The molecule has 1 aromatic carbocycles. The van der Waals surface area contributed by atoms with E-state index in [0.717, 1.165) is 6.07 Å². The Balaban J connectivity index is 1.95. The maximum absolute atomic E-state index is 13.1. The minimum Gasteiger partial charge on any atom is -0.472 e. The Hall–Kier alpha value is -2.45. The van der Waals surface area contributed by atoms with Crippen molar-refractivity contribution >= 4 is 33.1 Å². The van der Waals surface area contributed by atoms with Gasteiger partial charge in [-0.25, -0.2) is 22.2 Å². The summed E-state index contributed by atoms with van der Waals surface area (Å²) in [6.45, 7) is -1.27. The fourth-order valence-electron chi connectivity index (χ4n) is 1.61. The summed E-state index contributed by atoms with van der Waals surface area (Å²) in [5.74, 6) is -1.43. The summed E-state index contributed by atoms with van der Waals surface area (Å²) in [7, 11) is -5.50. The van der Waals surface area contributed by atoms with Crippen molar-refractivity contribution in [1.29, 1.82) is 5.41 Å². The lowest BCUT2D eigenvalue weighted by molar-refractivity contribution is -0.0448. The molecule has 0 aliphatic heterocycles. The van der Waals surface area contributed by atoms with E-state index in [-0.39, 0.29) is 22.3 Å². The van der Waals surface area contributed by atoms with E-state index in [1.54, 1.807) is 0 Å². The van der Waals surface area contributed by atoms with Gasteiger partial charge in [0.2, 0.25) is 5.69 Å². The van der Waals surface area contributed by atoms with Crippen LogP contribution in [-0.2, 0) is 10.0 Å². The van der Waals surface area contributed by atoms with Gasteiger partial charge in [0, 0.05) is 12.2 Å². The van der Waals surface area contributed by atoms with E-state index in [4.69, 9.17) is 21.7 Å². The van der Waals surface area contributed by atoms with E-state index < -0.39 is 40.3 Å². The van der Waals surface area contributed by atoms with Gasteiger partial charge in [0.25, 0.3) is 5.88 Å². The lowest BCUT2D eigenvalue weighted by Crippen LogP contribution is -2.38. The highest BCUT2D eigenvalue weighted by atomic mass is 35.5. The summed E-state index contributed by atoms with van der Waals surface area (Å²) in [5, 5.41) is 16.9. The van der Waals surface area contributed by atoms with Crippen LogP contribution >= 0.6 is 11.6 Å². The first-order valence-corrected chi connectivity index (χ1v) is 8.69. The van der Waals surface area contributed by atoms with Crippen molar-refractivity contribution in [2.24, 2.45) is 0 Å². The predicted octanol–water partition coefficient (Wildman–Crippen LogP) is 2.12. The SMILES string of the molecule is N=C(Nc1ccc(F)c(Cl)c1)c1nonc1OCCNS(=O)(=O)C(F)(F)F. The number of halogens is 5. The van der Waals surface area contributed by atoms with Gasteiger partial charge in [0.1, 0.15) is 12.4 Å². The number of hydrogen-bond donors (Lipinski definition) is 3. The lowest BCUT2D eigenvalue weighted by atomic mass is 10.3. The second kappa shape index (κ2) is 8.06. The van der Waals surface area contributed by atoms with Crippen LogP contribution in [0.1, 0.15) is 5.69 Å². The molecule has 0 saturated carbocycles. The molecule has 2 rings (SSSR count). The number of benzene rings is 1. The molecule has 1 aromatic heterocycles. The highest BCUT2D eigenvalue weighted by Crippen LogP contribution is 2.22. The van der Waals surface area contributed by atoms with Crippen LogP contribution in [0.25, 0.3) is 0 Å². The van der Waals surface area contributed by atoms with E-state index in [9.17, 15) is 26.0 Å². The van der Waals surface area contributed by atoms with Crippen LogP contribution in [0.2, 0.25) is 5.02 Å². The van der Waals surface area contributed by atoms with Crippen molar-refractivity contribution in [2.45, 2.75) is 5.51 Å². The Morgan fingerprint density at radius 1 is 1.33 bits per heavy atom. The van der Waals surface area contributed by atoms with Gasteiger partial charge in [-0.05, 0) is 28.5 Å². The maximum atomic E-state index is 13.1. The monoisotopic (exact) mass is 431 g/mol. The first-order valence-electron chi connectivity index (χ1n) is 6.83. The zero-order chi connectivity index (χ0) is 20.2. The van der Waals surface area contributed by atoms with Crippen molar-refractivity contribution in [3.05, 3.63) is 34.7 Å². The number of aromatic nitrogens is 2. The van der Waals surface area contributed by atoms with Gasteiger partial charge in [-0.1, -0.05) is 11.6 Å². The van der Waals surface area contributed by atoms with Gasteiger partial charge in [0.15, 0.2) is 5.84 Å². The fourth-order valence-corrected chi connectivity index (χ4v) is 2.31. The highest BCUT2D eigenvalue weighted by molar-refractivity contribution is 7.90. The molecule has 0 unspecified atom stereocenters. The number of nitrogens with zero attached hydrogens (tertiary/aromatic N) is 2. The molecule has 0 fully saturated rings. The van der Waals surface area contributed by atoms with Gasteiger partial charge < -0.3 is 10.1 Å². The zero-order valence-corrected chi connectivity index (χ0v) is 14.5.